The predicted octanol–water partition coefficient (Wildman–Crippen LogP) is 8.06. The van der Waals surface area contributed by atoms with Crippen molar-refractivity contribution in [3.8, 4) is 29.0 Å². The van der Waals surface area contributed by atoms with Crippen molar-refractivity contribution in [1.29, 1.82) is 10.5 Å². The largest absolute Gasteiger partial charge is 0.494 e. The van der Waals surface area contributed by atoms with Gasteiger partial charge in [-0.25, -0.2) is 0 Å². The molecule has 5 rings (SSSR count). The summed E-state index contributed by atoms with van der Waals surface area (Å²) >= 11 is 0. The number of fused-ring (bicyclic) bond motifs is 3. The minimum absolute atomic E-state index is 0.0703. The van der Waals surface area contributed by atoms with Crippen molar-refractivity contribution in [1.82, 2.24) is 0 Å². The lowest BCUT2D eigenvalue weighted by molar-refractivity contribution is 0.0319. The molecule has 0 heterocycles. The first-order valence-electron chi connectivity index (χ1n) is 12.8. The first-order chi connectivity index (χ1) is 16.1. The molecule has 2 bridgehead atoms. The van der Waals surface area contributed by atoms with Gasteiger partial charge in [0.25, 0.3) is 0 Å². The van der Waals surface area contributed by atoms with Gasteiger partial charge in [0.05, 0.1) is 17.7 Å². The molecule has 3 nitrogen and oxygen atoms in total. The van der Waals surface area contributed by atoms with E-state index in [0.717, 1.165) is 54.7 Å². The zero-order valence-corrected chi connectivity index (χ0v) is 20.3. The third-order valence-corrected chi connectivity index (χ3v) is 8.36. The predicted molar refractivity (Wildman–Crippen MR) is 133 cm³/mol. The van der Waals surface area contributed by atoms with Gasteiger partial charge in [0.2, 0.25) is 0 Å². The summed E-state index contributed by atoms with van der Waals surface area (Å²) in [5.41, 5.74) is 4.64. The minimum Gasteiger partial charge on any atom is -0.494 e. The third-order valence-electron chi connectivity index (χ3n) is 8.36. The molecule has 172 valence electrons. The van der Waals surface area contributed by atoms with Crippen LogP contribution in [-0.2, 0) is 5.41 Å². The molecule has 3 heteroatoms. The maximum atomic E-state index is 10.2. The van der Waals surface area contributed by atoms with Gasteiger partial charge in [-0.2, -0.15) is 10.5 Å². The summed E-state index contributed by atoms with van der Waals surface area (Å²) in [7, 11) is 0. The molecular weight excluding hydrogens is 404 g/mol. The Labute approximate surface area is 199 Å². The Morgan fingerprint density at radius 2 is 1.45 bits per heavy atom. The van der Waals surface area contributed by atoms with Crippen molar-refractivity contribution in [2.75, 3.05) is 6.61 Å². The van der Waals surface area contributed by atoms with Crippen LogP contribution in [0.4, 0.5) is 0 Å². The molecule has 0 amide bonds. The Kier molecular flexibility index (Phi) is 7.09. The van der Waals surface area contributed by atoms with Crippen molar-refractivity contribution in [2.45, 2.75) is 89.9 Å². The number of nitriles is 2. The zero-order chi connectivity index (χ0) is 23.3. The molecule has 0 saturated heterocycles. The molecule has 0 unspecified atom stereocenters. The Hall–Kier alpha value is -2.78. The summed E-state index contributed by atoms with van der Waals surface area (Å²) in [6.07, 6.45) is 13.2. The fourth-order valence-electron chi connectivity index (χ4n) is 6.36. The lowest BCUT2D eigenvalue weighted by Gasteiger charge is -2.54. The Bertz CT molecular complexity index is 1030. The summed E-state index contributed by atoms with van der Waals surface area (Å²) < 4.78 is 5.84. The van der Waals surface area contributed by atoms with E-state index in [2.05, 4.69) is 38.1 Å². The molecule has 0 atom stereocenters. The smallest absolute Gasteiger partial charge is 0.119 e. The maximum absolute atomic E-state index is 10.2. The summed E-state index contributed by atoms with van der Waals surface area (Å²) in [6, 6.07) is 17.0. The fourth-order valence-corrected chi connectivity index (χ4v) is 6.36. The van der Waals surface area contributed by atoms with Crippen molar-refractivity contribution >= 4 is 0 Å². The van der Waals surface area contributed by atoms with Crippen LogP contribution in [0.3, 0.4) is 0 Å². The average molecular weight is 441 g/mol. The molecule has 0 radical (unpaired) electrons. The van der Waals surface area contributed by atoms with Gasteiger partial charge in [-0.05, 0) is 85.5 Å². The number of nitrogens with zero attached hydrogens (tertiary/aromatic N) is 2. The Morgan fingerprint density at radius 1 is 0.788 bits per heavy atom. The van der Waals surface area contributed by atoms with Crippen molar-refractivity contribution in [3.63, 3.8) is 0 Å². The van der Waals surface area contributed by atoms with Gasteiger partial charge in [-0.15, -0.1) is 0 Å². The summed E-state index contributed by atoms with van der Waals surface area (Å²) in [5.74, 6) is 0.851. The number of rotatable bonds is 9. The van der Waals surface area contributed by atoms with Crippen LogP contribution in [0.1, 0.15) is 101 Å². The van der Waals surface area contributed by atoms with Crippen LogP contribution in [-0.4, -0.2) is 6.61 Å². The molecule has 3 aliphatic carbocycles. The molecule has 33 heavy (non-hydrogen) atoms. The molecule has 0 N–H and O–H groups in total. The van der Waals surface area contributed by atoms with Crippen LogP contribution < -0.4 is 4.74 Å². The molecule has 3 aliphatic rings. The first kappa shape index (κ1) is 23.4. The second-order valence-electron chi connectivity index (χ2n) is 10.2. The molecule has 2 aromatic rings. The van der Waals surface area contributed by atoms with Crippen molar-refractivity contribution in [3.05, 3.63) is 53.1 Å². The standard InChI is InChI=1S/C30H36N2O/c1-3-5-6-20-33-24-9-7-23(8-10-24)25-11-12-28(27(22-32)26(25)21-31)30-17-14-29(13-4-2,15-18-30)16-19-30/h7-12H,3-6,13-20H2,1-2H3. The van der Waals surface area contributed by atoms with Crippen LogP contribution in [0.5, 0.6) is 5.75 Å². The first-order valence-corrected chi connectivity index (χ1v) is 12.8. The summed E-state index contributed by atoms with van der Waals surface area (Å²) in [5, 5.41) is 20.2. The van der Waals surface area contributed by atoms with Crippen LogP contribution in [0.2, 0.25) is 0 Å². The van der Waals surface area contributed by atoms with Gasteiger partial charge in [0, 0.05) is 5.56 Å². The number of ether oxygens (including phenoxy) is 1. The molecule has 0 aliphatic heterocycles. The van der Waals surface area contributed by atoms with E-state index >= 15 is 0 Å². The van der Waals surface area contributed by atoms with Crippen LogP contribution in [0.25, 0.3) is 11.1 Å². The van der Waals surface area contributed by atoms with Gasteiger partial charge in [-0.1, -0.05) is 57.4 Å². The van der Waals surface area contributed by atoms with Crippen LogP contribution >= 0.6 is 0 Å². The summed E-state index contributed by atoms with van der Waals surface area (Å²) in [4.78, 5) is 0. The molecular formula is C30H36N2O. The molecule has 2 aromatic carbocycles. The average Bonchev–Trinajstić information content (AvgIpc) is 2.87. The molecule has 3 fully saturated rings. The van der Waals surface area contributed by atoms with Gasteiger partial charge in [0.1, 0.15) is 17.9 Å². The highest BCUT2D eigenvalue weighted by Gasteiger charge is 2.49. The highest BCUT2D eigenvalue weighted by Crippen LogP contribution is 2.60. The van der Waals surface area contributed by atoms with E-state index in [1.807, 2.05) is 24.3 Å². The molecule has 0 aromatic heterocycles. The van der Waals surface area contributed by atoms with E-state index in [1.165, 1.54) is 44.9 Å². The zero-order valence-electron chi connectivity index (χ0n) is 20.3. The topological polar surface area (TPSA) is 56.8 Å². The minimum atomic E-state index is 0.0703. The normalized spacial score (nSPS) is 23.6. The molecule has 0 spiro atoms. The van der Waals surface area contributed by atoms with Crippen molar-refractivity contribution in [2.24, 2.45) is 5.41 Å². The van der Waals surface area contributed by atoms with E-state index in [0.29, 0.717) is 16.5 Å². The lowest BCUT2D eigenvalue weighted by atomic mass is 9.50. The van der Waals surface area contributed by atoms with Gasteiger partial charge >= 0.3 is 0 Å². The van der Waals surface area contributed by atoms with Gasteiger partial charge in [-0.3, -0.25) is 0 Å². The number of hydrogen-bond acceptors (Lipinski definition) is 3. The third kappa shape index (κ3) is 4.52. The lowest BCUT2D eigenvalue weighted by Crippen LogP contribution is -2.44. The van der Waals surface area contributed by atoms with E-state index in [4.69, 9.17) is 4.74 Å². The number of hydrogen-bond donors (Lipinski definition) is 0. The van der Waals surface area contributed by atoms with Gasteiger partial charge < -0.3 is 4.74 Å². The van der Waals surface area contributed by atoms with E-state index in [9.17, 15) is 10.5 Å². The second kappa shape index (κ2) is 10.0. The van der Waals surface area contributed by atoms with Crippen LogP contribution in [0, 0.1) is 28.1 Å². The quantitative estimate of drug-likeness (QED) is 0.370. The van der Waals surface area contributed by atoms with Crippen molar-refractivity contribution < 1.29 is 4.74 Å². The Morgan fingerprint density at radius 3 is 2.03 bits per heavy atom. The van der Waals surface area contributed by atoms with Crippen LogP contribution in [0.15, 0.2) is 36.4 Å². The monoisotopic (exact) mass is 440 g/mol. The second-order valence-corrected chi connectivity index (χ2v) is 10.2. The summed E-state index contributed by atoms with van der Waals surface area (Å²) in [6.45, 7) is 5.21. The van der Waals surface area contributed by atoms with E-state index in [-0.39, 0.29) is 5.41 Å². The highest BCUT2D eigenvalue weighted by atomic mass is 16.5. The highest BCUT2D eigenvalue weighted by molar-refractivity contribution is 5.75. The number of benzene rings is 2. The molecule has 3 saturated carbocycles. The number of unbranched alkanes of at least 4 members (excludes halogenated alkanes) is 2. The Balaban J connectivity index is 1.61. The maximum Gasteiger partial charge on any atom is 0.119 e. The fraction of sp³-hybridized carbons (Fsp3) is 0.533. The van der Waals surface area contributed by atoms with E-state index < -0.39 is 0 Å². The SMILES string of the molecule is CCCCCOc1ccc(-c2ccc(C34CCC(CCC)(CC3)CC4)c(C#N)c2C#N)cc1. The van der Waals surface area contributed by atoms with E-state index in [1.54, 1.807) is 0 Å². The van der Waals surface area contributed by atoms with Gasteiger partial charge in [0.15, 0.2) is 0 Å².